The van der Waals surface area contributed by atoms with E-state index in [1.807, 2.05) is 0 Å². The first-order valence-corrected chi connectivity index (χ1v) is 8.33. The number of hydrogen-bond donors (Lipinski definition) is 1. The Morgan fingerprint density at radius 1 is 0.933 bits per heavy atom. The van der Waals surface area contributed by atoms with Gasteiger partial charge in [-0.2, -0.15) is 5.26 Å². The number of rotatable bonds is 4. The van der Waals surface area contributed by atoms with Gasteiger partial charge in [0.05, 0.1) is 5.56 Å². The largest absolute Gasteiger partial charge is 0.456 e. The van der Waals surface area contributed by atoms with Crippen molar-refractivity contribution in [2.75, 3.05) is 5.32 Å². The highest BCUT2D eigenvalue weighted by atomic mass is 19.2. The molecule has 0 aliphatic rings. The van der Waals surface area contributed by atoms with Crippen molar-refractivity contribution >= 4 is 11.6 Å². The zero-order valence-electron chi connectivity index (χ0n) is 15.2. The summed E-state index contributed by atoms with van der Waals surface area (Å²) in [6.45, 7) is 1.45. The summed E-state index contributed by atoms with van der Waals surface area (Å²) in [5.74, 6) is -8.68. The molecule has 4 nitrogen and oxygen atoms in total. The molecule has 0 fully saturated rings. The van der Waals surface area contributed by atoms with Crippen LogP contribution in [0.5, 0.6) is 11.5 Å². The summed E-state index contributed by atoms with van der Waals surface area (Å²) in [5.41, 5.74) is -1.20. The maximum absolute atomic E-state index is 14.4. The Balaban J connectivity index is 2.03. The predicted octanol–water partition coefficient (Wildman–Crippen LogP) is 5.61. The first-order chi connectivity index (χ1) is 14.2. The average molecular weight is 418 g/mol. The lowest BCUT2D eigenvalue weighted by atomic mass is 10.1. The van der Waals surface area contributed by atoms with E-state index in [4.69, 9.17) is 10.00 Å². The third kappa shape index (κ3) is 4.07. The summed E-state index contributed by atoms with van der Waals surface area (Å²) in [6, 6.07) is 8.30. The topological polar surface area (TPSA) is 62.1 Å². The second-order valence-electron chi connectivity index (χ2n) is 6.13. The Kier molecular flexibility index (Phi) is 5.69. The molecule has 1 amide bonds. The number of nitrogens with one attached hydrogen (secondary N) is 1. The molecule has 0 saturated carbocycles. The normalized spacial score (nSPS) is 10.4. The van der Waals surface area contributed by atoms with Gasteiger partial charge in [-0.25, -0.2) is 22.0 Å². The van der Waals surface area contributed by atoms with Gasteiger partial charge in [0.2, 0.25) is 0 Å². The van der Waals surface area contributed by atoms with Gasteiger partial charge in [0.15, 0.2) is 17.5 Å². The summed E-state index contributed by atoms with van der Waals surface area (Å²) in [5, 5.41) is 11.0. The second kappa shape index (κ2) is 8.21. The zero-order chi connectivity index (χ0) is 22.0. The molecular formula is C21H11F5N2O2. The van der Waals surface area contributed by atoms with Crippen molar-refractivity contribution in [1.82, 2.24) is 0 Å². The van der Waals surface area contributed by atoms with Gasteiger partial charge in [-0.05, 0) is 48.9 Å². The number of ether oxygens (including phenoxy) is 1. The molecule has 0 aliphatic carbocycles. The first-order valence-electron chi connectivity index (χ1n) is 8.33. The van der Waals surface area contributed by atoms with E-state index in [2.05, 4.69) is 5.32 Å². The molecule has 9 heteroatoms. The number of aryl methyl sites for hydroxylation is 1. The zero-order valence-corrected chi connectivity index (χ0v) is 15.2. The fraction of sp³-hybridized carbons (Fsp3) is 0.0476. The monoisotopic (exact) mass is 418 g/mol. The van der Waals surface area contributed by atoms with Gasteiger partial charge >= 0.3 is 0 Å². The van der Waals surface area contributed by atoms with Crippen molar-refractivity contribution in [3.05, 3.63) is 88.2 Å². The molecule has 30 heavy (non-hydrogen) atoms. The van der Waals surface area contributed by atoms with Crippen molar-refractivity contribution in [2.45, 2.75) is 6.92 Å². The molecule has 0 unspecified atom stereocenters. The maximum Gasteiger partial charge on any atom is 0.262 e. The fourth-order valence-electron chi connectivity index (χ4n) is 2.59. The standard InChI is InChI=1S/C21H11F5N2O2/c1-10-6-12(22)2-5-16(10)30-17-8-15(24)19(25)20(26)18(17)21(29)28-13-3-4-14(23)11(7-13)9-27/h2-8H,1H3,(H,28,29). The third-order valence-corrected chi connectivity index (χ3v) is 4.05. The molecule has 0 aromatic heterocycles. The minimum atomic E-state index is -1.90. The van der Waals surface area contributed by atoms with Gasteiger partial charge in [-0.15, -0.1) is 0 Å². The Morgan fingerprint density at radius 2 is 1.67 bits per heavy atom. The van der Waals surface area contributed by atoms with E-state index < -0.39 is 51.9 Å². The van der Waals surface area contributed by atoms with Crippen molar-refractivity contribution in [3.63, 3.8) is 0 Å². The van der Waals surface area contributed by atoms with Crippen molar-refractivity contribution < 1.29 is 31.5 Å². The summed E-state index contributed by atoms with van der Waals surface area (Å²) in [6.07, 6.45) is 0. The SMILES string of the molecule is Cc1cc(F)ccc1Oc1cc(F)c(F)c(F)c1C(=O)Nc1ccc(F)c(C#N)c1. The summed E-state index contributed by atoms with van der Waals surface area (Å²) in [7, 11) is 0. The number of benzene rings is 3. The van der Waals surface area contributed by atoms with E-state index in [-0.39, 0.29) is 17.0 Å². The number of halogens is 5. The number of anilines is 1. The van der Waals surface area contributed by atoms with Gasteiger partial charge in [-0.1, -0.05) is 0 Å². The predicted molar refractivity (Wildman–Crippen MR) is 96.6 cm³/mol. The van der Waals surface area contributed by atoms with E-state index in [0.717, 1.165) is 30.3 Å². The highest BCUT2D eigenvalue weighted by Gasteiger charge is 2.26. The van der Waals surface area contributed by atoms with E-state index in [1.54, 1.807) is 6.07 Å². The Morgan fingerprint density at radius 3 is 2.33 bits per heavy atom. The first kappa shape index (κ1) is 20.8. The van der Waals surface area contributed by atoms with Gasteiger partial charge in [-0.3, -0.25) is 4.79 Å². The van der Waals surface area contributed by atoms with Gasteiger partial charge in [0.25, 0.3) is 5.91 Å². The summed E-state index contributed by atoms with van der Waals surface area (Å²) in [4.78, 5) is 12.6. The van der Waals surface area contributed by atoms with E-state index in [9.17, 15) is 26.7 Å². The lowest BCUT2D eigenvalue weighted by Gasteiger charge is -2.15. The van der Waals surface area contributed by atoms with Crippen LogP contribution < -0.4 is 10.1 Å². The number of hydrogen-bond acceptors (Lipinski definition) is 3. The van der Waals surface area contributed by atoms with Crippen LogP contribution in [0.3, 0.4) is 0 Å². The van der Waals surface area contributed by atoms with Crippen LogP contribution in [0.1, 0.15) is 21.5 Å². The number of carbonyl (C=O) groups excluding carboxylic acids is 1. The van der Waals surface area contributed by atoms with Crippen LogP contribution in [0, 0.1) is 47.3 Å². The highest BCUT2D eigenvalue weighted by Crippen LogP contribution is 2.33. The number of amides is 1. The molecule has 152 valence electrons. The number of nitrogens with zero attached hydrogens (tertiary/aromatic N) is 1. The molecule has 0 radical (unpaired) electrons. The molecule has 0 atom stereocenters. The van der Waals surface area contributed by atoms with Crippen molar-refractivity contribution in [1.29, 1.82) is 5.26 Å². The van der Waals surface area contributed by atoms with E-state index >= 15 is 0 Å². The Hall–Kier alpha value is -3.93. The molecule has 0 bridgehead atoms. The summed E-state index contributed by atoms with van der Waals surface area (Å²) < 4.78 is 74.0. The maximum atomic E-state index is 14.4. The molecule has 0 aliphatic heterocycles. The Labute approximate surface area is 167 Å². The van der Waals surface area contributed by atoms with Crippen LogP contribution in [0.4, 0.5) is 27.6 Å². The van der Waals surface area contributed by atoms with Crippen LogP contribution in [0.25, 0.3) is 0 Å². The smallest absolute Gasteiger partial charge is 0.262 e. The van der Waals surface area contributed by atoms with Gasteiger partial charge in [0.1, 0.15) is 34.8 Å². The quantitative estimate of drug-likeness (QED) is 0.443. The molecule has 3 aromatic carbocycles. The molecule has 1 N–H and O–H groups in total. The number of nitriles is 1. The Bertz CT molecular complexity index is 1200. The second-order valence-corrected chi connectivity index (χ2v) is 6.13. The molecule has 3 rings (SSSR count). The van der Waals surface area contributed by atoms with Crippen LogP contribution in [-0.2, 0) is 0 Å². The van der Waals surface area contributed by atoms with Crippen LogP contribution in [0.15, 0.2) is 42.5 Å². The van der Waals surface area contributed by atoms with Crippen molar-refractivity contribution in [3.8, 4) is 17.6 Å². The van der Waals surface area contributed by atoms with Gasteiger partial charge < -0.3 is 10.1 Å². The number of carbonyl (C=O) groups is 1. The third-order valence-electron chi connectivity index (χ3n) is 4.05. The lowest BCUT2D eigenvalue weighted by molar-refractivity contribution is 0.101. The summed E-state index contributed by atoms with van der Waals surface area (Å²) >= 11 is 0. The average Bonchev–Trinajstić information content (AvgIpc) is 2.69. The van der Waals surface area contributed by atoms with E-state index in [0.29, 0.717) is 6.07 Å². The minimum absolute atomic E-state index is 0.0237. The van der Waals surface area contributed by atoms with Crippen molar-refractivity contribution in [2.24, 2.45) is 0 Å². The minimum Gasteiger partial charge on any atom is -0.456 e. The highest BCUT2D eigenvalue weighted by molar-refractivity contribution is 6.06. The molecule has 0 heterocycles. The molecule has 3 aromatic rings. The molecule has 0 saturated heterocycles. The lowest BCUT2D eigenvalue weighted by Crippen LogP contribution is -2.17. The van der Waals surface area contributed by atoms with Crippen LogP contribution >= 0.6 is 0 Å². The van der Waals surface area contributed by atoms with Crippen LogP contribution in [0.2, 0.25) is 0 Å². The molecular weight excluding hydrogens is 407 g/mol. The molecule has 0 spiro atoms. The van der Waals surface area contributed by atoms with Gasteiger partial charge in [0, 0.05) is 11.8 Å². The van der Waals surface area contributed by atoms with E-state index in [1.165, 1.54) is 13.0 Å². The van der Waals surface area contributed by atoms with Crippen LogP contribution in [-0.4, -0.2) is 5.91 Å². The fourth-order valence-corrected chi connectivity index (χ4v) is 2.59.